The molecule has 1 saturated carbocycles. The molecule has 1 aromatic carbocycles. The first-order valence-electron chi connectivity index (χ1n) is 12.4. The van der Waals surface area contributed by atoms with E-state index in [2.05, 4.69) is 45.1 Å². The second-order valence-electron chi connectivity index (χ2n) is 10.1. The van der Waals surface area contributed by atoms with E-state index in [9.17, 15) is 4.79 Å². The Hall–Kier alpha value is -2.24. The highest BCUT2D eigenvalue weighted by atomic mass is 16.2. The highest BCUT2D eigenvalue weighted by Gasteiger charge is 2.45. The molecule has 3 aliphatic rings. The minimum absolute atomic E-state index is 0.103. The fraction of sp³-hybridized carbons (Fsp3) is 0.556. The number of carbonyl (C=O) groups is 1. The van der Waals surface area contributed by atoms with Gasteiger partial charge in [-0.2, -0.15) is 0 Å². The van der Waals surface area contributed by atoms with Crippen molar-refractivity contribution in [1.82, 2.24) is 14.8 Å². The molecule has 5 rings (SSSR count). The Bertz CT molecular complexity index is 930. The third kappa shape index (κ3) is 4.33. The molecule has 0 bridgehead atoms. The molecule has 0 radical (unpaired) electrons. The third-order valence-electron chi connectivity index (χ3n) is 7.90. The van der Waals surface area contributed by atoms with E-state index in [4.69, 9.17) is 5.73 Å². The molecule has 3 fully saturated rings. The van der Waals surface area contributed by atoms with Crippen molar-refractivity contribution in [2.45, 2.75) is 69.5 Å². The first-order valence-corrected chi connectivity index (χ1v) is 12.4. The van der Waals surface area contributed by atoms with Gasteiger partial charge in [0.2, 0.25) is 0 Å². The highest BCUT2D eigenvalue weighted by Crippen LogP contribution is 2.41. The number of rotatable bonds is 5. The number of carbonyl (C=O) groups excluding carboxylic acids is 1. The SMILES string of the molecule is CC(N)c1cccc(C(=O)N2C3CCCCC3C[C@H]2CN2CCC(c3ccccc3)C2)n1. The Labute approximate surface area is 192 Å². The number of aromatic nitrogens is 1. The zero-order chi connectivity index (χ0) is 22.1. The van der Waals surface area contributed by atoms with Crippen LogP contribution >= 0.6 is 0 Å². The largest absolute Gasteiger partial charge is 0.330 e. The lowest BCUT2D eigenvalue weighted by Gasteiger charge is -2.35. The van der Waals surface area contributed by atoms with E-state index in [0.717, 1.165) is 38.2 Å². The Morgan fingerprint density at radius 3 is 2.72 bits per heavy atom. The predicted octanol–water partition coefficient (Wildman–Crippen LogP) is 4.36. The maximum atomic E-state index is 13.8. The summed E-state index contributed by atoms with van der Waals surface area (Å²) < 4.78 is 0. The molecule has 32 heavy (non-hydrogen) atoms. The molecule has 2 aromatic rings. The van der Waals surface area contributed by atoms with Gasteiger partial charge in [0.1, 0.15) is 5.69 Å². The number of benzene rings is 1. The summed E-state index contributed by atoms with van der Waals surface area (Å²) in [7, 11) is 0. The van der Waals surface area contributed by atoms with Gasteiger partial charge in [-0.25, -0.2) is 4.98 Å². The monoisotopic (exact) mass is 432 g/mol. The summed E-state index contributed by atoms with van der Waals surface area (Å²) in [6.07, 6.45) is 7.25. The summed E-state index contributed by atoms with van der Waals surface area (Å²) in [6, 6.07) is 17.1. The number of pyridine rings is 1. The smallest absolute Gasteiger partial charge is 0.273 e. The maximum absolute atomic E-state index is 13.8. The summed E-state index contributed by atoms with van der Waals surface area (Å²) >= 11 is 0. The summed E-state index contributed by atoms with van der Waals surface area (Å²) in [5.41, 5.74) is 8.83. The number of likely N-dealkylation sites (tertiary alicyclic amines) is 2. The molecule has 2 saturated heterocycles. The van der Waals surface area contributed by atoms with Crippen molar-refractivity contribution in [3.8, 4) is 0 Å². The third-order valence-corrected chi connectivity index (χ3v) is 7.90. The van der Waals surface area contributed by atoms with Crippen LogP contribution in [-0.4, -0.2) is 52.4 Å². The van der Waals surface area contributed by atoms with Crippen LogP contribution in [0.25, 0.3) is 0 Å². The lowest BCUT2D eigenvalue weighted by Crippen LogP contribution is -2.47. The number of nitrogens with zero attached hydrogens (tertiary/aromatic N) is 3. The minimum atomic E-state index is -0.168. The molecule has 2 N–H and O–H groups in total. The summed E-state index contributed by atoms with van der Waals surface area (Å²) in [5.74, 6) is 1.35. The Morgan fingerprint density at radius 2 is 1.91 bits per heavy atom. The first-order chi connectivity index (χ1) is 15.6. The molecule has 1 aliphatic carbocycles. The number of hydrogen-bond donors (Lipinski definition) is 1. The second-order valence-corrected chi connectivity index (χ2v) is 10.1. The van der Waals surface area contributed by atoms with E-state index in [1.807, 2.05) is 25.1 Å². The topological polar surface area (TPSA) is 62.5 Å². The molecule has 1 aromatic heterocycles. The molecular weight excluding hydrogens is 396 g/mol. The first kappa shape index (κ1) is 21.6. The molecular formula is C27H36N4O. The quantitative estimate of drug-likeness (QED) is 0.762. The number of amides is 1. The normalized spacial score (nSPS) is 29.1. The molecule has 5 nitrogen and oxygen atoms in total. The van der Waals surface area contributed by atoms with Gasteiger partial charge < -0.3 is 15.5 Å². The second kappa shape index (κ2) is 9.32. The van der Waals surface area contributed by atoms with Crippen molar-refractivity contribution in [2.75, 3.05) is 19.6 Å². The van der Waals surface area contributed by atoms with Crippen molar-refractivity contribution in [1.29, 1.82) is 0 Å². The maximum Gasteiger partial charge on any atom is 0.273 e. The van der Waals surface area contributed by atoms with Gasteiger partial charge in [-0.1, -0.05) is 49.2 Å². The van der Waals surface area contributed by atoms with E-state index in [1.165, 1.54) is 31.2 Å². The molecule has 5 atom stereocenters. The van der Waals surface area contributed by atoms with Crippen LogP contribution in [0, 0.1) is 5.92 Å². The van der Waals surface area contributed by atoms with Crippen molar-refractivity contribution in [3.63, 3.8) is 0 Å². The van der Waals surface area contributed by atoms with Gasteiger partial charge in [-0.3, -0.25) is 4.79 Å². The molecule has 170 valence electrons. The number of nitrogens with two attached hydrogens (primary N) is 1. The Kier molecular flexibility index (Phi) is 6.29. The van der Waals surface area contributed by atoms with E-state index < -0.39 is 0 Å². The van der Waals surface area contributed by atoms with Gasteiger partial charge >= 0.3 is 0 Å². The van der Waals surface area contributed by atoms with Gasteiger partial charge in [0, 0.05) is 31.2 Å². The van der Waals surface area contributed by atoms with Gasteiger partial charge in [-0.15, -0.1) is 0 Å². The number of fused-ring (bicyclic) bond motifs is 1. The van der Waals surface area contributed by atoms with Gasteiger partial charge in [0.05, 0.1) is 5.69 Å². The van der Waals surface area contributed by atoms with Crippen molar-refractivity contribution >= 4 is 5.91 Å². The zero-order valence-electron chi connectivity index (χ0n) is 19.2. The van der Waals surface area contributed by atoms with Crippen LogP contribution in [0.3, 0.4) is 0 Å². The van der Waals surface area contributed by atoms with E-state index in [1.54, 1.807) is 0 Å². The van der Waals surface area contributed by atoms with Crippen LogP contribution in [0.15, 0.2) is 48.5 Å². The summed E-state index contributed by atoms with van der Waals surface area (Å²) in [5, 5.41) is 0. The van der Waals surface area contributed by atoms with E-state index >= 15 is 0 Å². The minimum Gasteiger partial charge on any atom is -0.330 e. The standard InChI is InChI=1S/C27H36N4O/c1-19(28)24-11-7-12-25(29-24)27(32)31-23(16-21-10-5-6-13-26(21)31)18-30-15-14-22(17-30)20-8-3-2-4-9-20/h2-4,7-9,11-12,19,21-23,26H,5-6,10,13-18,28H2,1H3/t19?,21?,22?,23-,26?/m0/s1. The number of hydrogen-bond acceptors (Lipinski definition) is 4. The Balaban J connectivity index is 1.34. The molecule has 1 amide bonds. The predicted molar refractivity (Wildman–Crippen MR) is 127 cm³/mol. The van der Waals surface area contributed by atoms with Crippen molar-refractivity contribution in [3.05, 3.63) is 65.5 Å². The average Bonchev–Trinajstić information content (AvgIpc) is 3.44. The van der Waals surface area contributed by atoms with Crippen molar-refractivity contribution < 1.29 is 4.79 Å². The van der Waals surface area contributed by atoms with Gasteiger partial charge in [0.25, 0.3) is 5.91 Å². The lowest BCUT2D eigenvalue weighted by molar-refractivity contribution is 0.0581. The van der Waals surface area contributed by atoms with Crippen LogP contribution in [-0.2, 0) is 0 Å². The van der Waals surface area contributed by atoms with Gasteiger partial charge in [0.15, 0.2) is 0 Å². The molecule has 3 heterocycles. The van der Waals surface area contributed by atoms with Gasteiger partial charge in [-0.05, 0) is 68.7 Å². The van der Waals surface area contributed by atoms with E-state index in [0.29, 0.717) is 23.6 Å². The fourth-order valence-electron chi connectivity index (χ4n) is 6.29. The van der Waals surface area contributed by atoms with Crippen LogP contribution in [0.2, 0.25) is 0 Å². The van der Waals surface area contributed by atoms with Crippen LogP contribution in [0.4, 0.5) is 0 Å². The highest BCUT2D eigenvalue weighted by molar-refractivity contribution is 5.93. The van der Waals surface area contributed by atoms with Crippen LogP contribution in [0.5, 0.6) is 0 Å². The zero-order valence-corrected chi connectivity index (χ0v) is 19.2. The molecule has 2 aliphatic heterocycles. The lowest BCUT2D eigenvalue weighted by atomic mass is 9.84. The summed E-state index contributed by atoms with van der Waals surface area (Å²) in [4.78, 5) is 23.2. The Morgan fingerprint density at radius 1 is 1.09 bits per heavy atom. The summed E-state index contributed by atoms with van der Waals surface area (Å²) in [6.45, 7) is 5.11. The fourth-order valence-corrected chi connectivity index (χ4v) is 6.29. The average molecular weight is 433 g/mol. The van der Waals surface area contributed by atoms with Crippen LogP contribution < -0.4 is 5.73 Å². The van der Waals surface area contributed by atoms with Crippen LogP contribution in [0.1, 0.15) is 79.2 Å². The van der Waals surface area contributed by atoms with E-state index in [-0.39, 0.29) is 18.0 Å². The molecule has 0 spiro atoms. The molecule has 4 unspecified atom stereocenters. The molecule has 5 heteroatoms. The van der Waals surface area contributed by atoms with Crippen molar-refractivity contribution in [2.24, 2.45) is 11.7 Å².